The maximum absolute atomic E-state index is 13.0. The number of phosphoric acid groups is 2. The highest BCUT2D eigenvalue weighted by Gasteiger charge is 2.30. The fourth-order valence-corrected chi connectivity index (χ4v) is 12.1. The third kappa shape index (κ3) is 64.6. The van der Waals surface area contributed by atoms with Gasteiger partial charge in [0, 0.05) is 25.7 Å². The fourth-order valence-electron chi connectivity index (χ4n) is 10.5. The van der Waals surface area contributed by atoms with Crippen LogP contribution in [0.2, 0.25) is 0 Å². The van der Waals surface area contributed by atoms with Gasteiger partial charge in [-0.3, -0.25) is 37.3 Å². The third-order valence-electron chi connectivity index (χ3n) is 16.1. The van der Waals surface area contributed by atoms with E-state index in [9.17, 15) is 43.2 Å². The number of carbonyl (C=O) groups excluding carboxylic acids is 4. The van der Waals surface area contributed by atoms with Crippen molar-refractivity contribution in [1.29, 1.82) is 0 Å². The van der Waals surface area contributed by atoms with Crippen molar-refractivity contribution < 1.29 is 80.2 Å². The molecule has 0 bridgehead atoms. The number of unbranched alkanes of at least 4 members (excludes halogenated alkanes) is 36. The molecule has 0 aliphatic heterocycles. The molecule has 528 valence electrons. The molecule has 89 heavy (non-hydrogen) atoms. The Balaban J connectivity index is 5.23. The molecule has 19 heteroatoms. The zero-order valence-corrected chi connectivity index (χ0v) is 59.7. The highest BCUT2D eigenvalue weighted by molar-refractivity contribution is 7.47. The molecular formula is C70H136O17P2. The highest BCUT2D eigenvalue weighted by Crippen LogP contribution is 2.45. The van der Waals surface area contributed by atoms with E-state index in [-0.39, 0.29) is 25.7 Å². The first-order valence-corrected chi connectivity index (χ1v) is 39.3. The molecule has 0 amide bonds. The molecule has 0 aromatic heterocycles. The van der Waals surface area contributed by atoms with Crippen LogP contribution in [0.3, 0.4) is 0 Å². The molecule has 0 spiro atoms. The Kier molecular flexibility index (Phi) is 59.6. The molecule has 17 nitrogen and oxygen atoms in total. The average Bonchev–Trinajstić information content (AvgIpc) is 3.70. The molecule has 0 aromatic carbocycles. The number of hydrogen-bond acceptors (Lipinski definition) is 15. The van der Waals surface area contributed by atoms with Gasteiger partial charge in [-0.15, -0.1) is 0 Å². The minimum Gasteiger partial charge on any atom is -0.462 e. The molecule has 0 saturated carbocycles. The summed E-state index contributed by atoms with van der Waals surface area (Å²) >= 11 is 0. The normalized spacial score (nSPS) is 14.2. The van der Waals surface area contributed by atoms with Gasteiger partial charge in [0.05, 0.1) is 26.4 Å². The molecule has 2 unspecified atom stereocenters. The van der Waals surface area contributed by atoms with E-state index in [0.29, 0.717) is 37.5 Å². The minimum atomic E-state index is -4.95. The van der Waals surface area contributed by atoms with Gasteiger partial charge in [-0.1, -0.05) is 299 Å². The molecule has 3 N–H and O–H groups in total. The van der Waals surface area contributed by atoms with Crippen LogP contribution >= 0.6 is 15.6 Å². The Hall–Kier alpha value is -1.94. The summed E-state index contributed by atoms with van der Waals surface area (Å²) in [5, 5.41) is 10.6. The molecule has 0 radical (unpaired) electrons. The van der Waals surface area contributed by atoms with Crippen LogP contribution in [-0.2, 0) is 65.4 Å². The summed E-state index contributed by atoms with van der Waals surface area (Å²) in [7, 11) is -9.90. The minimum absolute atomic E-state index is 0.102. The monoisotopic (exact) mass is 1310 g/mol. The van der Waals surface area contributed by atoms with Crippen LogP contribution in [0.4, 0.5) is 0 Å². The number of aliphatic hydroxyl groups excluding tert-OH is 1. The summed E-state index contributed by atoms with van der Waals surface area (Å²) in [5.74, 6) is 0.0323. The topological polar surface area (TPSA) is 237 Å². The zero-order chi connectivity index (χ0) is 65.9. The van der Waals surface area contributed by atoms with Gasteiger partial charge in [0.1, 0.15) is 19.3 Å². The van der Waals surface area contributed by atoms with Crippen molar-refractivity contribution in [1.82, 2.24) is 0 Å². The van der Waals surface area contributed by atoms with E-state index in [1.54, 1.807) is 0 Å². The lowest BCUT2D eigenvalue weighted by atomic mass is 10.0. The summed E-state index contributed by atoms with van der Waals surface area (Å²) in [6, 6.07) is 0. The van der Waals surface area contributed by atoms with Crippen LogP contribution in [0.25, 0.3) is 0 Å². The van der Waals surface area contributed by atoms with Crippen molar-refractivity contribution in [3.63, 3.8) is 0 Å². The van der Waals surface area contributed by atoms with Gasteiger partial charge in [-0.05, 0) is 43.4 Å². The van der Waals surface area contributed by atoms with E-state index in [4.69, 9.17) is 37.0 Å². The number of ether oxygens (including phenoxy) is 4. The average molecular weight is 1310 g/mol. The number of esters is 4. The Labute approximate surface area is 543 Å². The smallest absolute Gasteiger partial charge is 0.462 e. The lowest BCUT2D eigenvalue weighted by Gasteiger charge is -2.21. The Morgan fingerprint density at radius 1 is 0.303 bits per heavy atom. The van der Waals surface area contributed by atoms with Gasteiger partial charge < -0.3 is 33.8 Å². The number of hydrogen-bond donors (Lipinski definition) is 3. The Morgan fingerprint density at radius 3 is 0.764 bits per heavy atom. The molecule has 5 atom stereocenters. The standard InChI is InChI=1S/C70H136O17P2/c1-8-9-10-11-12-13-14-15-18-21-24-29-37-44-51-67(72)80-57-65(86-69(74)53-46-39-30-25-22-19-16-17-20-23-27-34-41-48-61(2)3)59-84-88(76,77)82-55-64(71)56-83-89(78,79)85-60-66(58-81-68(73)52-45-38-33-32-36-43-50-63(6)7)87-70(75)54-47-40-31-26-28-35-42-49-62(4)5/h61-66,71H,8-60H2,1-7H3,(H,76,77)(H,78,79)/t64-,65-,66-/m1/s1. The molecular weight excluding hydrogens is 1170 g/mol. The first-order valence-electron chi connectivity index (χ1n) is 36.3. The predicted octanol–water partition coefficient (Wildman–Crippen LogP) is 19.8. The quantitative estimate of drug-likeness (QED) is 0.0222. The molecule has 0 rings (SSSR count). The summed E-state index contributed by atoms with van der Waals surface area (Å²) in [5.41, 5.74) is 0. The predicted molar refractivity (Wildman–Crippen MR) is 358 cm³/mol. The van der Waals surface area contributed by atoms with E-state index in [1.165, 1.54) is 154 Å². The van der Waals surface area contributed by atoms with Crippen LogP contribution < -0.4 is 0 Å². The van der Waals surface area contributed by atoms with Crippen LogP contribution in [0, 0.1) is 17.8 Å². The van der Waals surface area contributed by atoms with E-state index >= 15 is 0 Å². The molecule has 0 aliphatic carbocycles. The van der Waals surface area contributed by atoms with Gasteiger partial charge in [0.2, 0.25) is 0 Å². The number of aliphatic hydroxyl groups is 1. The molecule has 0 saturated heterocycles. The van der Waals surface area contributed by atoms with Crippen molar-refractivity contribution in [2.45, 2.75) is 369 Å². The lowest BCUT2D eigenvalue weighted by molar-refractivity contribution is -0.161. The van der Waals surface area contributed by atoms with E-state index in [0.717, 1.165) is 102 Å². The number of carbonyl (C=O) groups is 4. The molecule has 0 aliphatic rings. The second-order valence-corrected chi connectivity index (χ2v) is 29.6. The van der Waals surface area contributed by atoms with Crippen molar-refractivity contribution in [2.75, 3.05) is 39.6 Å². The summed E-state index contributed by atoms with van der Waals surface area (Å²) in [4.78, 5) is 72.5. The maximum Gasteiger partial charge on any atom is 0.472 e. The SMILES string of the molecule is CCCCCCCCCCCCCCCCC(=O)OC[C@H](COP(=O)(O)OC[C@@H](O)COP(=O)(O)OC[C@@H](COC(=O)CCCCCCCCC(C)C)OC(=O)CCCCCCCCCC(C)C)OC(=O)CCCCCCCCCCCCCCCC(C)C. The third-order valence-corrected chi connectivity index (χ3v) is 18.0. The van der Waals surface area contributed by atoms with E-state index in [2.05, 4.69) is 48.5 Å². The van der Waals surface area contributed by atoms with Crippen LogP contribution in [-0.4, -0.2) is 96.7 Å². The van der Waals surface area contributed by atoms with E-state index < -0.39 is 97.5 Å². The largest absolute Gasteiger partial charge is 0.472 e. The zero-order valence-electron chi connectivity index (χ0n) is 57.9. The fraction of sp³-hybridized carbons (Fsp3) is 0.943. The van der Waals surface area contributed by atoms with E-state index in [1.807, 2.05) is 0 Å². The molecule has 0 aromatic rings. The van der Waals surface area contributed by atoms with Gasteiger partial charge in [-0.25, -0.2) is 9.13 Å². The van der Waals surface area contributed by atoms with Crippen LogP contribution in [0.5, 0.6) is 0 Å². The molecule has 0 fully saturated rings. The van der Waals surface area contributed by atoms with Gasteiger partial charge in [0.15, 0.2) is 12.2 Å². The van der Waals surface area contributed by atoms with Gasteiger partial charge in [-0.2, -0.15) is 0 Å². The van der Waals surface area contributed by atoms with Crippen LogP contribution in [0.15, 0.2) is 0 Å². The Morgan fingerprint density at radius 2 is 0.517 bits per heavy atom. The first-order chi connectivity index (χ1) is 42.7. The lowest BCUT2D eigenvalue weighted by Crippen LogP contribution is -2.30. The first kappa shape index (κ1) is 87.1. The van der Waals surface area contributed by atoms with Crippen molar-refractivity contribution in [3.05, 3.63) is 0 Å². The maximum atomic E-state index is 13.0. The van der Waals surface area contributed by atoms with Crippen molar-refractivity contribution in [3.8, 4) is 0 Å². The number of phosphoric ester groups is 2. The second kappa shape index (κ2) is 61.0. The van der Waals surface area contributed by atoms with Crippen molar-refractivity contribution >= 4 is 39.5 Å². The van der Waals surface area contributed by atoms with Gasteiger partial charge >= 0.3 is 39.5 Å². The molecule has 0 heterocycles. The van der Waals surface area contributed by atoms with Gasteiger partial charge in [0.25, 0.3) is 0 Å². The Bertz CT molecular complexity index is 1750. The second-order valence-electron chi connectivity index (χ2n) is 26.7. The highest BCUT2D eigenvalue weighted by atomic mass is 31.2. The number of rotatable bonds is 68. The van der Waals surface area contributed by atoms with Crippen molar-refractivity contribution in [2.24, 2.45) is 17.8 Å². The van der Waals surface area contributed by atoms with Crippen LogP contribution in [0.1, 0.15) is 350 Å². The summed E-state index contributed by atoms with van der Waals surface area (Å²) in [6.07, 6.45) is 44.7. The summed E-state index contributed by atoms with van der Waals surface area (Å²) < 4.78 is 68.2. The summed E-state index contributed by atoms with van der Waals surface area (Å²) in [6.45, 7) is 11.7.